The van der Waals surface area contributed by atoms with Crippen LogP contribution in [0.3, 0.4) is 0 Å². The van der Waals surface area contributed by atoms with Crippen molar-refractivity contribution in [2.45, 2.75) is 31.2 Å². The molecule has 3 N–H and O–H groups in total. The second-order valence-corrected chi connectivity index (χ2v) is 6.44. The van der Waals surface area contributed by atoms with Crippen molar-refractivity contribution in [3.8, 4) is 0 Å². The Morgan fingerprint density at radius 3 is 2.58 bits per heavy atom. The van der Waals surface area contributed by atoms with Crippen molar-refractivity contribution in [1.82, 2.24) is 5.32 Å². The van der Waals surface area contributed by atoms with E-state index in [0.29, 0.717) is 15.6 Å². The van der Waals surface area contributed by atoms with Gasteiger partial charge in [-0.05, 0) is 47.0 Å². The summed E-state index contributed by atoms with van der Waals surface area (Å²) in [5.41, 5.74) is 5.77. The van der Waals surface area contributed by atoms with Gasteiger partial charge in [-0.1, -0.05) is 36.7 Å². The van der Waals surface area contributed by atoms with E-state index in [2.05, 4.69) is 21.2 Å². The molecule has 0 aliphatic heterocycles. The van der Waals surface area contributed by atoms with Crippen LogP contribution in [0.1, 0.15) is 36.0 Å². The first-order valence-electron chi connectivity index (χ1n) is 6.02. The van der Waals surface area contributed by atoms with Crippen molar-refractivity contribution in [3.05, 3.63) is 33.3 Å². The predicted octanol–water partition coefficient (Wildman–Crippen LogP) is 3.43. The number of carbonyl (C=O) groups is 1. The fourth-order valence-electron chi connectivity index (χ4n) is 2.34. The number of nitrogens with one attached hydrogen (secondary N) is 1. The summed E-state index contributed by atoms with van der Waals surface area (Å²) in [7, 11) is 0. The first-order chi connectivity index (χ1) is 8.94. The highest BCUT2D eigenvalue weighted by molar-refractivity contribution is 9.10. The molecule has 1 aliphatic carbocycles. The lowest BCUT2D eigenvalue weighted by Crippen LogP contribution is -2.54. The molecule has 3 nitrogen and oxygen atoms in total. The summed E-state index contributed by atoms with van der Waals surface area (Å²) in [6.07, 6.45) is 3.66. The molecule has 1 aromatic carbocycles. The van der Waals surface area contributed by atoms with Crippen molar-refractivity contribution in [1.29, 1.82) is 0 Å². The van der Waals surface area contributed by atoms with Crippen molar-refractivity contribution in [3.63, 3.8) is 0 Å². The molecule has 0 heterocycles. The lowest BCUT2D eigenvalue weighted by molar-refractivity contribution is 0.0924. The number of hydrogen-bond acceptors (Lipinski definition) is 2. The van der Waals surface area contributed by atoms with E-state index in [1.54, 1.807) is 18.2 Å². The lowest BCUT2D eigenvalue weighted by Gasteiger charge is -2.29. The molecule has 1 aromatic rings. The molecule has 0 radical (unpaired) electrons. The predicted molar refractivity (Wildman–Crippen MR) is 84.6 cm³/mol. The monoisotopic (exact) mass is 360 g/mol. The third kappa shape index (κ3) is 3.09. The summed E-state index contributed by atoms with van der Waals surface area (Å²) in [4.78, 5) is 12.6. The Labute approximate surface area is 131 Å². The third-order valence-electron chi connectivity index (χ3n) is 3.46. The normalized spacial score (nSPS) is 17.2. The standard InChI is InChI=1S/C13H14BrClN2OS/c14-9-4-3-8(7-10(9)15)11(18)17-13(12(16)19)5-1-2-6-13/h3-4,7H,1-2,5-6H2,(H2,16,19)(H,17,18). The maximum Gasteiger partial charge on any atom is 0.252 e. The van der Waals surface area contributed by atoms with Crippen LogP contribution in [0.4, 0.5) is 0 Å². The first kappa shape index (κ1) is 14.8. The maximum absolute atomic E-state index is 12.3. The largest absolute Gasteiger partial charge is 0.391 e. The van der Waals surface area contributed by atoms with E-state index in [1.807, 2.05) is 0 Å². The minimum Gasteiger partial charge on any atom is -0.391 e. The SMILES string of the molecule is NC(=S)C1(NC(=O)c2ccc(Br)c(Cl)c2)CCCC1. The molecule has 1 amide bonds. The summed E-state index contributed by atoms with van der Waals surface area (Å²) >= 11 is 14.4. The third-order valence-corrected chi connectivity index (χ3v) is 5.09. The summed E-state index contributed by atoms with van der Waals surface area (Å²) in [6, 6.07) is 5.09. The van der Waals surface area contributed by atoms with Crippen LogP contribution in [-0.4, -0.2) is 16.4 Å². The molecule has 1 saturated carbocycles. The highest BCUT2D eigenvalue weighted by atomic mass is 79.9. The van der Waals surface area contributed by atoms with Gasteiger partial charge >= 0.3 is 0 Å². The van der Waals surface area contributed by atoms with Crippen molar-refractivity contribution < 1.29 is 4.79 Å². The van der Waals surface area contributed by atoms with Gasteiger partial charge in [-0.3, -0.25) is 4.79 Å². The molecule has 19 heavy (non-hydrogen) atoms. The Morgan fingerprint density at radius 2 is 2.05 bits per heavy atom. The minimum atomic E-state index is -0.536. The van der Waals surface area contributed by atoms with Gasteiger partial charge in [-0.15, -0.1) is 0 Å². The number of thiocarbonyl (C=S) groups is 1. The molecule has 1 fully saturated rings. The number of hydrogen-bond donors (Lipinski definition) is 2. The number of nitrogens with two attached hydrogens (primary N) is 1. The van der Waals surface area contributed by atoms with Crippen LogP contribution in [0.25, 0.3) is 0 Å². The molecule has 0 unspecified atom stereocenters. The second-order valence-electron chi connectivity index (χ2n) is 4.74. The molecule has 6 heteroatoms. The van der Waals surface area contributed by atoms with Gasteiger partial charge in [0.1, 0.15) is 0 Å². The number of benzene rings is 1. The van der Waals surface area contributed by atoms with Gasteiger partial charge in [-0.2, -0.15) is 0 Å². The number of carbonyl (C=O) groups excluding carboxylic acids is 1. The number of amides is 1. The van der Waals surface area contributed by atoms with Crippen LogP contribution in [0.15, 0.2) is 22.7 Å². The maximum atomic E-state index is 12.3. The molecule has 0 bridgehead atoms. The molecule has 1 aliphatic rings. The summed E-state index contributed by atoms with van der Waals surface area (Å²) in [6.45, 7) is 0. The summed E-state index contributed by atoms with van der Waals surface area (Å²) < 4.78 is 0.760. The van der Waals surface area contributed by atoms with Gasteiger partial charge in [0.2, 0.25) is 0 Å². The van der Waals surface area contributed by atoms with Crippen LogP contribution in [0.2, 0.25) is 5.02 Å². The van der Waals surface area contributed by atoms with Crippen molar-refractivity contribution >= 4 is 50.6 Å². The smallest absolute Gasteiger partial charge is 0.252 e. The fraction of sp³-hybridized carbons (Fsp3) is 0.385. The van der Waals surface area contributed by atoms with Crippen LogP contribution >= 0.6 is 39.7 Å². The van der Waals surface area contributed by atoms with Gasteiger partial charge < -0.3 is 11.1 Å². The Hall–Kier alpha value is -0.650. The quantitative estimate of drug-likeness (QED) is 0.811. The zero-order valence-corrected chi connectivity index (χ0v) is 13.4. The average Bonchev–Trinajstić information content (AvgIpc) is 2.82. The van der Waals surface area contributed by atoms with Gasteiger partial charge in [0, 0.05) is 10.0 Å². The van der Waals surface area contributed by atoms with Crippen molar-refractivity contribution in [2.75, 3.05) is 0 Å². The number of rotatable bonds is 3. The Kier molecular flexibility index (Phi) is 4.48. The molecular formula is C13H14BrClN2OS. The van der Waals surface area contributed by atoms with Crippen LogP contribution in [0.5, 0.6) is 0 Å². The zero-order chi connectivity index (χ0) is 14.0. The topological polar surface area (TPSA) is 55.1 Å². The van der Waals surface area contributed by atoms with Crippen LogP contribution < -0.4 is 11.1 Å². The average molecular weight is 362 g/mol. The Bertz CT molecular complexity index is 529. The Morgan fingerprint density at radius 1 is 1.42 bits per heavy atom. The highest BCUT2D eigenvalue weighted by Gasteiger charge is 2.38. The fourth-order valence-corrected chi connectivity index (χ4v) is 3.02. The molecule has 2 rings (SSSR count). The minimum absolute atomic E-state index is 0.191. The highest BCUT2D eigenvalue weighted by Crippen LogP contribution is 2.31. The first-order valence-corrected chi connectivity index (χ1v) is 7.60. The van der Waals surface area contributed by atoms with Crippen LogP contribution in [0, 0.1) is 0 Å². The van der Waals surface area contributed by atoms with Gasteiger partial charge in [0.05, 0.1) is 15.6 Å². The van der Waals surface area contributed by atoms with E-state index < -0.39 is 5.54 Å². The molecule has 0 atom stereocenters. The number of halogens is 2. The molecule has 0 saturated heterocycles. The van der Waals surface area contributed by atoms with Crippen molar-refractivity contribution in [2.24, 2.45) is 5.73 Å². The summed E-state index contributed by atoms with van der Waals surface area (Å²) in [5.74, 6) is -0.191. The van der Waals surface area contributed by atoms with Gasteiger partial charge in [-0.25, -0.2) is 0 Å². The van der Waals surface area contributed by atoms with E-state index in [-0.39, 0.29) is 5.91 Å². The molecule has 0 aromatic heterocycles. The van der Waals surface area contributed by atoms with Crippen LogP contribution in [-0.2, 0) is 0 Å². The van der Waals surface area contributed by atoms with Gasteiger partial charge in [0.25, 0.3) is 5.91 Å². The molecule has 0 spiro atoms. The van der Waals surface area contributed by atoms with Gasteiger partial charge in [0.15, 0.2) is 0 Å². The molecule has 102 valence electrons. The second kappa shape index (κ2) is 5.77. The van der Waals surface area contributed by atoms with E-state index in [4.69, 9.17) is 29.6 Å². The van der Waals surface area contributed by atoms with E-state index >= 15 is 0 Å². The van der Waals surface area contributed by atoms with E-state index in [1.165, 1.54) is 0 Å². The lowest BCUT2D eigenvalue weighted by atomic mass is 9.97. The van der Waals surface area contributed by atoms with E-state index in [0.717, 1.165) is 30.2 Å². The summed E-state index contributed by atoms with van der Waals surface area (Å²) in [5, 5.41) is 3.48. The Balaban J connectivity index is 2.20. The zero-order valence-electron chi connectivity index (χ0n) is 10.2. The molecular weight excluding hydrogens is 348 g/mol. The van der Waals surface area contributed by atoms with E-state index in [9.17, 15) is 4.79 Å².